The summed E-state index contributed by atoms with van der Waals surface area (Å²) in [5, 5.41) is 9.15. The van der Waals surface area contributed by atoms with Crippen molar-refractivity contribution in [3.05, 3.63) is 0 Å². The Bertz CT molecular complexity index is 147. The zero-order valence-corrected chi connectivity index (χ0v) is 7.13. The number of carbonyl (C=O) groups is 1. The molecule has 4 heteroatoms. The fraction of sp³-hybridized carbons (Fsp3) is 0.857. The van der Waals surface area contributed by atoms with Gasteiger partial charge in [0.2, 0.25) is 0 Å². The first-order chi connectivity index (χ1) is 4.99. The second-order valence-electron chi connectivity index (χ2n) is 2.56. The third-order valence-corrected chi connectivity index (χ3v) is 1.90. The Morgan fingerprint density at radius 1 is 1.82 bits per heavy atom. The molecular formula is C7H15NO3. The monoisotopic (exact) mass is 161 g/mol. The fourth-order valence-corrected chi connectivity index (χ4v) is 0.800. The van der Waals surface area contributed by atoms with E-state index in [0.29, 0.717) is 6.42 Å². The van der Waals surface area contributed by atoms with E-state index in [1.165, 1.54) is 14.0 Å². The maximum absolute atomic E-state index is 11.0. The molecule has 11 heavy (non-hydrogen) atoms. The first-order valence-electron chi connectivity index (χ1n) is 3.54. The lowest BCUT2D eigenvalue weighted by Gasteiger charge is -2.27. The maximum atomic E-state index is 11.0. The second-order valence-corrected chi connectivity index (χ2v) is 2.56. The quantitative estimate of drug-likeness (QED) is 0.555. The van der Waals surface area contributed by atoms with Crippen LogP contribution < -0.4 is 5.73 Å². The van der Waals surface area contributed by atoms with Crippen LogP contribution in [0.5, 0.6) is 0 Å². The average Bonchev–Trinajstić information content (AvgIpc) is 2.01. The second kappa shape index (κ2) is 3.69. The minimum absolute atomic E-state index is 0.358. The molecule has 2 unspecified atom stereocenters. The van der Waals surface area contributed by atoms with Crippen LogP contribution in [-0.2, 0) is 9.53 Å². The van der Waals surface area contributed by atoms with E-state index in [2.05, 4.69) is 4.74 Å². The lowest BCUT2D eigenvalue weighted by atomic mass is 9.92. The number of hydrogen-bond donors (Lipinski definition) is 2. The van der Waals surface area contributed by atoms with Gasteiger partial charge in [-0.15, -0.1) is 0 Å². The molecule has 0 aromatic heterocycles. The molecule has 0 aromatic rings. The summed E-state index contributed by atoms with van der Waals surface area (Å²) in [7, 11) is 1.25. The van der Waals surface area contributed by atoms with Crippen molar-refractivity contribution >= 4 is 5.97 Å². The molecule has 3 N–H and O–H groups in total. The highest BCUT2D eigenvalue weighted by atomic mass is 16.5. The van der Waals surface area contributed by atoms with Crippen molar-refractivity contribution in [3.63, 3.8) is 0 Å². The number of ether oxygens (including phenoxy) is 1. The molecule has 0 amide bonds. The topological polar surface area (TPSA) is 72.6 Å². The van der Waals surface area contributed by atoms with Crippen molar-refractivity contribution < 1.29 is 14.6 Å². The van der Waals surface area contributed by atoms with Gasteiger partial charge in [-0.05, 0) is 13.3 Å². The molecule has 0 saturated heterocycles. The summed E-state index contributed by atoms with van der Waals surface area (Å²) >= 11 is 0. The molecule has 66 valence electrons. The normalized spacial score (nSPS) is 18.6. The van der Waals surface area contributed by atoms with Crippen molar-refractivity contribution in [3.8, 4) is 0 Å². The van der Waals surface area contributed by atoms with Gasteiger partial charge in [0.15, 0.2) is 0 Å². The number of hydrogen-bond acceptors (Lipinski definition) is 4. The highest BCUT2D eigenvalue weighted by molar-refractivity contribution is 5.81. The van der Waals surface area contributed by atoms with Crippen molar-refractivity contribution in [2.75, 3.05) is 7.11 Å². The number of methoxy groups -OCH3 is 1. The molecule has 0 aliphatic rings. The van der Waals surface area contributed by atoms with Gasteiger partial charge in [0.05, 0.1) is 13.2 Å². The van der Waals surface area contributed by atoms with Crippen molar-refractivity contribution in [2.24, 2.45) is 5.73 Å². The van der Waals surface area contributed by atoms with Crippen molar-refractivity contribution in [1.29, 1.82) is 0 Å². The van der Waals surface area contributed by atoms with Gasteiger partial charge in [-0.2, -0.15) is 0 Å². The van der Waals surface area contributed by atoms with Crippen LogP contribution in [0.4, 0.5) is 0 Å². The number of rotatable bonds is 3. The molecular weight excluding hydrogens is 146 g/mol. The molecule has 0 bridgehead atoms. The van der Waals surface area contributed by atoms with Crippen molar-refractivity contribution in [1.82, 2.24) is 0 Å². The summed E-state index contributed by atoms with van der Waals surface area (Å²) in [5.74, 6) is -0.574. The summed E-state index contributed by atoms with van der Waals surface area (Å²) in [6.45, 7) is 3.20. The number of aliphatic hydroxyl groups excluding tert-OH is 1. The summed E-state index contributed by atoms with van der Waals surface area (Å²) in [4.78, 5) is 11.0. The smallest absolute Gasteiger partial charge is 0.328 e. The molecule has 0 heterocycles. The van der Waals surface area contributed by atoms with Gasteiger partial charge in [-0.1, -0.05) is 6.92 Å². The van der Waals surface area contributed by atoms with Crippen LogP contribution in [-0.4, -0.2) is 29.8 Å². The van der Waals surface area contributed by atoms with E-state index in [0.717, 1.165) is 0 Å². The zero-order chi connectivity index (χ0) is 9.07. The van der Waals surface area contributed by atoms with Gasteiger partial charge < -0.3 is 15.6 Å². The summed E-state index contributed by atoms with van der Waals surface area (Å²) < 4.78 is 4.44. The molecule has 0 saturated carbocycles. The number of nitrogens with two attached hydrogens (primary N) is 1. The molecule has 0 spiro atoms. The van der Waals surface area contributed by atoms with Gasteiger partial charge in [-0.25, -0.2) is 4.79 Å². The largest absolute Gasteiger partial charge is 0.468 e. The average molecular weight is 161 g/mol. The highest BCUT2D eigenvalue weighted by Gasteiger charge is 2.38. The number of carbonyl (C=O) groups excluding carboxylic acids is 1. The van der Waals surface area contributed by atoms with Crippen LogP contribution in [0.15, 0.2) is 0 Å². The first kappa shape index (κ1) is 10.4. The lowest BCUT2D eigenvalue weighted by Crippen LogP contribution is -2.56. The van der Waals surface area contributed by atoms with E-state index in [1.807, 2.05) is 0 Å². The minimum Gasteiger partial charge on any atom is -0.468 e. The van der Waals surface area contributed by atoms with Crippen LogP contribution in [0.2, 0.25) is 0 Å². The molecule has 0 aliphatic heterocycles. The summed E-state index contributed by atoms with van der Waals surface area (Å²) in [5.41, 5.74) is 4.31. The molecule has 0 aromatic carbocycles. The summed E-state index contributed by atoms with van der Waals surface area (Å²) in [6.07, 6.45) is -0.530. The van der Waals surface area contributed by atoms with Gasteiger partial charge in [0, 0.05) is 0 Å². The Labute approximate surface area is 66.3 Å². The van der Waals surface area contributed by atoms with E-state index < -0.39 is 17.6 Å². The molecule has 0 radical (unpaired) electrons. The SMILES string of the molecule is CCC(N)(C(=O)OC)C(C)O. The Morgan fingerprint density at radius 2 is 2.27 bits per heavy atom. The van der Waals surface area contributed by atoms with E-state index in [-0.39, 0.29) is 0 Å². The van der Waals surface area contributed by atoms with E-state index in [9.17, 15) is 4.79 Å². The van der Waals surface area contributed by atoms with Crippen LogP contribution in [0.25, 0.3) is 0 Å². The van der Waals surface area contributed by atoms with Gasteiger partial charge >= 0.3 is 5.97 Å². The standard InChI is InChI=1S/C7H15NO3/c1-4-7(8,5(2)9)6(10)11-3/h5,9H,4,8H2,1-3H3. The Kier molecular flexibility index (Phi) is 3.48. The van der Waals surface area contributed by atoms with E-state index >= 15 is 0 Å². The molecule has 2 atom stereocenters. The molecule has 0 fully saturated rings. The zero-order valence-electron chi connectivity index (χ0n) is 7.13. The van der Waals surface area contributed by atoms with Crippen molar-refractivity contribution in [2.45, 2.75) is 31.9 Å². The summed E-state index contributed by atoms with van der Waals surface area (Å²) in [6, 6.07) is 0. The lowest BCUT2D eigenvalue weighted by molar-refractivity contribution is -0.151. The Morgan fingerprint density at radius 3 is 2.36 bits per heavy atom. The number of esters is 1. The van der Waals surface area contributed by atoms with Crippen LogP contribution >= 0.6 is 0 Å². The van der Waals surface area contributed by atoms with E-state index in [4.69, 9.17) is 10.8 Å². The van der Waals surface area contributed by atoms with Gasteiger partial charge in [0.25, 0.3) is 0 Å². The fourth-order valence-electron chi connectivity index (χ4n) is 0.800. The Balaban J connectivity index is 4.45. The molecule has 4 nitrogen and oxygen atoms in total. The Hall–Kier alpha value is -0.610. The highest BCUT2D eigenvalue weighted by Crippen LogP contribution is 2.13. The van der Waals surface area contributed by atoms with E-state index in [1.54, 1.807) is 6.92 Å². The number of aliphatic hydroxyl groups is 1. The maximum Gasteiger partial charge on any atom is 0.328 e. The minimum atomic E-state index is -1.26. The van der Waals surface area contributed by atoms with Crippen LogP contribution in [0, 0.1) is 0 Å². The predicted molar refractivity (Wildman–Crippen MR) is 40.9 cm³/mol. The molecule has 0 aliphatic carbocycles. The van der Waals surface area contributed by atoms with Gasteiger partial charge in [0.1, 0.15) is 5.54 Å². The third kappa shape index (κ3) is 1.91. The molecule has 0 rings (SSSR count). The van der Waals surface area contributed by atoms with Crippen LogP contribution in [0.3, 0.4) is 0 Å². The predicted octanol–water partition coefficient (Wildman–Crippen LogP) is -0.352. The van der Waals surface area contributed by atoms with Gasteiger partial charge in [-0.3, -0.25) is 0 Å². The van der Waals surface area contributed by atoms with Crippen LogP contribution in [0.1, 0.15) is 20.3 Å². The third-order valence-electron chi connectivity index (χ3n) is 1.90. The first-order valence-corrected chi connectivity index (χ1v) is 3.54.